The predicted octanol–water partition coefficient (Wildman–Crippen LogP) is 4.72. The Morgan fingerprint density at radius 2 is 1.74 bits per heavy atom. The number of ether oxygens (including phenoxy) is 1. The number of nitrogens with one attached hydrogen (secondary N) is 1. The van der Waals surface area contributed by atoms with Crippen molar-refractivity contribution in [2.45, 2.75) is 31.2 Å². The lowest BCUT2D eigenvalue weighted by atomic mass is 9.98. The van der Waals surface area contributed by atoms with Crippen LogP contribution >= 0.6 is 0 Å². The Balaban J connectivity index is 1.29. The first-order valence-corrected chi connectivity index (χ1v) is 11.1. The molecule has 5 rings (SSSR count). The number of hydrogen-bond acceptors (Lipinski definition) is 5. The molecule has 1 fully saturated rings. The van der Waals surface area contributed by atoms with E-state index < -0.39 is 23.5 Å². The Morgan fingerprint density at radius 3 is 2.38 bits per heavy atom. The molecule has 1 aliphatic carbocycles. The van der Waals surface area contributed by atoms with E-state index in [2.05, 4.69) is 17.4 Å². The van der Waals surface area contributed by atoms with Crippen molar-refractivity contribution >= 4 is 23.7 Å². The predicted molar refractivity (Wildman–Crippen MR) is 124 cm³/mol. The second-order valence-corrected chi connectivity index (χ2v) is 8.75. The summed E-state index contributed by atoms with van der Waals surface area (Å²) in [5.74, 6) is -1.87. The number of furan rings is 1. The van der Waals surface area contributed by atoms with Gasteiger partial charge in [-0.05, 0) is 42.0 Å². The van der Waals surface area contributed by atoms with Crippen LogP contribution in [0.2, 0.25) is 0 Å². The number of likely N-dealkylation sites (tertiary alicyclic amines) is 1. The second kappa shape index (κ2) is 8.37. The Labute approximate surface area is 196 Å². The van der Waals surface area contributed by atoms with Crippen LogP contribution in [-0.2, 0) is 9.53 Å². The molecule has 2 aliphatic rings. The third-order valence-electron chi connectivity index (χ3n) is 6.79. The summed E-state index contributed by atoms with van der Waals surface area (Å²) in [7, 11) is 0. The van der Waals surface area contributed by atoms with Gasteiger partial charge in [-0.15, -0.1) is 0 Å². The van der Waals surface area contributed by atoms with E-state index in [0.29, 0.717) is 19.4 Å². The molecule has 2 N–H and O–H groups in total. The van der Waals surface area contributed by atoms with Gasteiger partial charge in [0, 0.05) is 18.5 Å². The number of anilines is 1. The highest BCUT2D eigenvalue weighted by Crippen LogP contribution is 2.44. The largest absolute Gasteiger partial charge is 0.480 e. The molecule has 1 saturated heterocycles. The van der Waals surface area contributed by atoms with Crippen LogP contribution in [0, 0.1) is 0 Å². The summed E-state index contributed by atoms with van der Waals surface area (Å²) in [6.07, 6.45) is 1.48. The molecule has 1 aromatic heterocycles. The molecule has 0 saturated carbocycles. The van der Waals surface area contributed by atoms with Crippen molar-refractivity contribution < 1.29 is 28.6 Å². The van der Waals surface area contributed by atoms with Crippen molar-refractivity contribution in [2.24, 2.45) is 0 Å². The van der Waals surface area contributed by atoms with Crippen molar-refractivity contribution in [2.75, 3.05) is 18.5 Å². The minimum absolute atomic E-state index is 0.0931. The molecule has 0 spiro atoms. The van der Waals surface area contributed by atoms with Gasteiger partial charge in [0.15, 0.2) is 0 Å². The van der Waals surface area contributed by atoms with Crippen molar-refractivity contribution in [3.05, 3.63) is 77.7 Å². The Kier molecular flexibility index (Phi) is 5.36. The fourth-order valence-electron chi connectivity index (χ4n) is 4.95. The number of carbonyl (C=O) groups excluding carboxylic acids is 2. The van der Waals surface area contributed by atoms with Gasteiger partial charge in [-0.3, -0.25) is 10.1 Å². The number of rotatable bonds is 5. The molecule has 0 unspecified atom stereocenters. The zero-order chi connectivity index (χ0) is 23.9. The molecule has 8 nitrogen and oxygen atoms in total. The maximum Gasteiger partial charge on any atom is 0.411 e. The molecule has 1 aliphatic heterocycles. The summed E-state index contributed by atoms with van der Waals surface area (Å²) < 4.78 is 10.9. The van der Waals surface area contributed by atoms with Gasteiger partial charge in [0.2, 0.25) is 5.76 Å². The smallest absolute Gasteiger partial charge is 0.411 e. The van der Waals surface area contributed by atoms with Crippen LogP contribution in [0.15, 0.2) is 65.3 Å². The van der Waals surface area contributed by atoms with Crippen LogP contribution in [0.3, 0.4) is 0 Å². The fraction of sp³-hybridized carbons (Fsp3) is 0.269. The van der Waals surface area contributed by atoms with E-state index in [0.717, 1.165) is 22.3 Å². The third kappa shape index (κ3) is 3.51. The van der Waals surface area contributed by atoms with Gasteiger partial charge >= 0.3 is 12.1 Å². The number of nitrogens with zero attached hydrogens (tertiary/aromatic N) is 1. The highest BCUT2D eigenvalue weighted by molar-refractivity contribution is 6.02. The van der Waals surface area contributed by atoms with Crippen LogP contribution in [0.25, 0.3) is 11.1 Å². The first-order valence-electron chi connectivity index (χ1n) is 11.1. The SMILES string of the molecule is C[C@@]1(C(=O)O)CCCN1C(=O)c1occc1NC(=O)OCC1c2ccccc2-c2ccccc21. The van der Waals surface area contributed by atoms with E-state index in [4.69, 9.17) is 9.15 Å². The molecule has 174 valence electrons. The zero-order valence-corrected chi connectivity index (χ0v) is 18.6. The van der Waals surface area contributed by atoms with Crippen LogP contribution in [-0.4, -0.2) is 46.7 Å². The van der Waals surface area contributed by atoms with Crippen LogP contribution < -0.4 is 5.32 Å². The van der Waals surface area contributed by atoms with Crippen molar-refractivity contribution in [3.8, 4) is 11.1 Å². The molecule has 2 aromatic carbocycles. The van der Waals surface area contributed by atoms with Gasteiger partial charge in [-0.2, -0.15) is 0 Å². The van der Waals surface area contributed by atoms with E-state index in [1.807, 2.05) is 36.4 Å². The minimum Gasteiger partial charge on any atom is -0.480 e. The standard InChI is InChI=1S/C26H24N2O6/c1-26(24(30)31)12-6-13-28(26)23(29)22-21(11-14-33-22)27-25(32)34-15-20-18-9-4-2-7-16(18)17-8-3-5-10-19(17)20/h2-5,7-11,14,20H,6,12-13,15H2,1H3,(H,27,32)(H,30,31)/t26-/m0/s1. The molecule has 2 heterocycles. The Morgan fingerprint density at radius 1 is 1.09 bits per heavy atom. The van der Waals surface area contributed by atoms with Gasteiger partial charge in [0.05, 0.1) is 12.0 Å². The highest BCUT2D eigenvalue weighted by atomic mass is 16.5. The maximum absolute atomic E-state index is 13.0. The first-order chi connectivity index (χ1) is 16.4. The van der Waals surface area contributed by atoms with Crippen molar-refractivity contribution in [1.29, 1.82) is 0 Å². The Bertz CT molecular complexity index is 1240. The van der Waals surface area contributed by atoms with E-state index in [-0.39, 0.29) is 24.0 Å². The summed E-state index contributed by atoms with van der Waals surface area (Å²) in [5, 5.41) is 12.2. The molecule has 3 aromatic rings. The topological polar surface area (TPSA) is 109 Å². The molecule has 1 atom stereocenters. The van der Waals surface area contributed by atoms with Crippen LogP contribution in [0.4, 0.5) is 10.5 Å². The van der Waals surface area contributed by atoms with Gasteiger partial charge in [0.1, 0.15) is 12.1 Å². The lowest BCUT2D eigenvalue weighted by Gasteiger charge is -2.30. The van der Waals surface area contributed by atoms with Crippen LogP contribution in [0.1, 0.15) is 47.4 Å². The number of carboxylic acids is 1. The first kappa shape index (κ1) is 21.8. The third-order valence-corrected chi connectivity index (χ3v) is 6.79. The monoisotopic (exact) mass is 460 g/mol. The minimum atomic E-state index is -1.31. The average molecular weight is 460 g/mol. The van der Waals surface area contributed by atoms with E-state index in [9.17, 15) is 19.5 Å². The molecule has 34 heavy (non-hydrogen) atoms. The van der Waals surface area contributed by atoms with Crippen LogP contribution in [0.5, 0.6) is 0 Å². The molecule has 0 bridgehead atoms. The summed E-state index contributed by atoms with van der Waals surface area (Å²) in [6, 6.07) is 17.5. The van der Waals surface area contributed by atoms with Gasteiger partial charge in [0.25, 0.3) is 5.91 Å². The van der Waals surface area contributed by atoms with E-state index in [1.54, 1.807) is 0 Å². The summed E-state index contributed by atoms with van der Waals surface area (Å²) in [6.45, 7) is 1.94. The average Bonchev–Trinajstić information content (AvgIpc) is 3.54. The zero-order valence-electron chi connectivity index (χ0n) is 18.6. The number of benzene rings is 2. The molecular formula is C26H24N2O6. The van der Waals surface area contributed by atoms with Gasteiger partial charge < -0.3 is 19.2 Å². The number of carbonyl (C=O) groups is 3. The molecule has 0 radical (unpaired) electrons. The summed E-state index contributed by atoms with van der Waals surface area (Å²) >= 11 is 0. The number of amides is 2. The summed E-state index contributed by atoms with van der Waals surface area (Å²) in [5.41, 5.74) is 3.27. The number of carboxylic acid groups (broad SMARTS) is 1. The quantitative estimate of drug-likeness (QED) is 0.570. The van der Waals surface area contributed by atoms with E-state index in [1.165, 1.54) is 24.2 Å². The number of hydrogen-bond donors (Lipinski definition) is 2. The maximum atomic E-state index is 13.0. The lowest BCUT2D eigenvalue weighted by Crippen LogP contribution is -2.50. The van der Waals surface area contributed by atoms with E-state index >= 15 is 0 Å². The second-order valence-electron chi connectivity index (χ2n) is 8.75. The highest BCUT2D eigenvalue weighted by Gasteiger charge is 2.47. The molecule has 8 heteroatoms. The molecule has 2 amide bonds. The van der Waals surface area contributed by atoms with Gasteiger partial charge in [-0.25, -0.2) is 9.59 Å². The number of aliphatic carboxylic acids is 1. The summed E-state index contributed by atoms with van der Waals surface area (Å²) in [4.78, 5) is 38.7. The molecular weight excluding hydrogens is 436 g/mol. The normalized spacial score (nSPS) is 18.9. The fourth-order valence-corrected chi connectivity index (χ4v) is 4.95. The number of fused-ring (bicyclic) bond motifs is 3. The van der Waals surface area contributed by atoms with Gasteiger partial charge in [-0.1, -0.05) is 48.5 Å². The lowest BCUT2D eigenvalue weighted by molar-refractivity contribution is -0.147. The van der Waals surface area contributed by atoms with Crippen molar-refractivity contribution in [3.63, 3.8) is 0 Å². The Hall–Kier alpha value is -4.07. The van der Waals surface area contributed by atoms with Crippen molar-refractivity contribution in [1.82, 2.24) is 4.90 Å².